The number of rotatable bonds is 8. The van der Waals surface area contributed by atoms with E-state index >= 15 is 0 Å². The molecule has 0 aromatic carbocycles. The van der Waals surface area contributed by atoms with Gasteiger partial charge in [0.15, 0.2) is 0 Å². The first-order valence-electron chi connectivity index (χ1n) is 6.84. The molecule has 0 aliphatic heterocycles. The van der Waals surface area contributed by atoms with Crippen molar-refractivity contribution in [3.05, 3.63) is 16.1 Å². The zero-order chi connectivity index (χ0) is 13.5. The van der Waals surface area contributed by atoms with Crippen LogP contribution in [0, 0.1) is 12.8 Å². The summed E-state index contributed by atoms with van der Waals surface area (Å²) in [5.41, 5.74) is 1.17. The van der Waals surface area contributed by atoms with Crippen LogP contribution in [-0.2, 0) is 11.2 Å². The number of nitrogens with zero attached hydrogens (tertiary/aromatic N) is 1. The highest BCUT2D eigenvalue weighted by Gasteiger charge is 2.25. The zero-order valence-electron chi connectivity index (χ0n) is 12.2. The molecule has 0 aliphatic carbocycles. The molecule has 1 aromatic heterocycles. The minimum absolute atomic E-state index is 0.247. The van der Waals surface area contributed by atoms with Crippen molar-refractivity contribution in [1.82, 2.24) is 10.3 Å². The van der Waals surface area contributed by atoms with E-state index in [0.29, 0.717) is 12.0 Å². The van der Waals surface area contributed by atoms with Crippen LogP contribution in [0.1, 0.15) is 38.4 Å². The van der Waals surface area contributed by atoms with Gasteiger partial charge in [-0.3, -0.25) is 0 Å². The van der Waals surface area contributed by atoms with Crippen LogP contribution >= 0.6 is 11.3 Å². The number of hydrogen-bond acceptors (Lipinski definition) is 4. The SMILES string of the molecule is CCNC(Cc1csc(C)n1)C(OCC)C(C)C. The molecule has 18 heavy (non-hydrogen) atoms. The largest absolute Gasteiger partial charge is 0.377 e. The summed E-state index contributed by atoms with van der Waals surface area (Å²) in [4.78, 5) is 4.56. The van der Waals surface area contributed by atoms with Gasteiger partial charge in [-0.1, -0.05) is 20.8 Å². The molecule has 2 unspecified atom stereocenters. The monoisotopic (exact) mass is 270 g/mol. The van der Waals surface area contributed by atoms with Gasteiger partial charge in [0.2, 0.25) is 0 Å². The molecule has 3 nitrogen and oxygen atoms in total. The molecule has 1 heterocycles. The molecular weight excluding hydrogens is 244 g/mol. The van der Waals surface area contributed by atoms with E-state index < -0.39 is 0 Å². The molecule has 104 valence electrons. The van der Waals surface area contributed by atoms with Crippen LogP contribution in [0.15, 0.2) is 5.38 Å². The molecule has 1 N–H and O–H groups in total. The van der Waals surface area contributed by atoms with E-state index in [-0.39, 0.29) is 6.10 Å². The first kappa shape index (κ1) is 15.6. The fourth-order valence-electron chi connectivity index (χ4n) is 2.26. The summed E-state index contributed by atoms with van der Waals surface area (Å²) in [5.74, 6) is 0.508. The molecule has 0 bridgehead atoms. The highest BCUT2D eigenvalue weighted by atomic mass is 32.1. The van der Waals surface area contributed by atoms with E-state index in [2.05, 4.69) is 50.3 Å². The molecule has 0 saturated heterocycles. The molecule has 0 aliphatic rings. The predicted octanol–water partition coefficient (Wildman–Crippen LogP) is 3.03. The summed E-state index contributed by atoms with van der Waals surface area (Å²) in [5, 5.41) is 6.84. The summed E-state index contributed by atoms with van der Waals surface area (Å²) in [6.45, 7) is 12.4. The number of thiazole rings is 1. The van der Waals surface area contributed by atoms with Crippen molar-refractivity contribution < 1.29 is 4.74 Å². The molecule has 0 saturated carbocycles. The Hall–Kier alpha value is -0.450. The summed E-state index contributed by atoms with van der Waals surface area (Å²) >= 11 is 1.72. The lowest BCUT2D eigenvalue weighted by molar-refractivity contribution is 0.00377. The van der Waals surface area contributed by atoms with Gasteiger partial charge in [0.1, 0.15) is 0 Å². The average Bonchev–Trinajstić information content (AvgIpc) is 2.71. The van der Waals surface area contributed by atoms with Crippen molar-refractivity contribution in [1.29, 1.82) is 0 Å². The fourth-order valence-corrected chi connectivity index (χ4v) is 2.89. The van der Waals surface area contributed by atoms with E-state index in [1.165, 1.54) is 5.69 Å². The Morgan fingerprint density at radius 1 is 1.39 bits per heavy atom. The number of aromatic nitrogens is 1. The summed E-state index contributed by atoms with van der Waals surface area (Å²) in [7, 11) is 0. The summed E-state index contributed by atoms with van der Waals surface area (Å²) in [6, 6.07) is 0.344. The number of nitrogens with one attached hydrogen (secondary N) is 1. The topological polar surface area (TPSA) is 34.2 Å². The average molecular weight is 270 g/mol. The van der Waals surface area contributed by atoms with Crippen molar-refractivity contribution in [2.24, 2.45) is 5.92 Å². The molecule has 4 heteroatoms. The Labute approximate surface area is 115 Å². The second-order valence-electron chi connectivity index (χ2n) is 4.89. The first-order valence-corrected chi connectivity index (χ1v) is 7.72. The van der Waals surface area contributed by atoms with Crippen LogP contribution in [0.5, 0.6) is 0 Å². The van der Waals surface area contributed by atoms with Crippen LogP contribution in [0.4, 0.5) is 0 Å². The number of hydrogen-bond donors (Lipinski definition) is 1. The highest BCUT2D eigenvalue weighted by Crippen LogP contribution is 2.17. The first-order chi connectivity index (χ1) is 8.58. The van der Waals surface area contributed by atoms with E-state index in [1.807, 2.05) is 0 Å². The van der Waals surface area contributed by atoms with E-state index in [4.69, 9.17) is 4.74 Å². The smallest absolute Gasteiger partial charge is 0.0897 e. The maximum absolute atomic E-state index is 5.91. The lowest BCUT2D eigenvalue weighted by Gasteiger charge is -2.30. The van der Waals surface area contributed by atoms with Crippen molar-refractivity contribution >= 4 is 11.3 Å². The second-order valence-corrected chi connectivity index (χ2v) is 5.95. The van der Waals surface area contributed by atoms with E-state index in [0.717, 1.165) is 24.6 Å². The summed E-state index contributed by atoms with van der Waals surface area (Å²) < 4.78 is 5.91. The van der Waals surface area contributed by atoms with Crippen LogP contribution in [0.25, 0.3) is 0 Å². The van der Waals surface area contributed by atoms with Gasteiger partial charge in [-0.05, 0) is 26.3 Å². The molecular formula is C14H26N2OS. The van der Waals surface area contributed by atoms with E-state index in [9.17, 15) is 0 Å². The standard InChI is InChI=1S/C14H26N2OS/c1-6-15-13(14(10(3)4)17-7-2)8-12-9-18-11(5)16-12/h9-10,13-15H,6-8H2,1-5H3. The van der Waals surface area contributed by atoms with Crippen LogP contribution in [0.2, 0.25) is 0 Å². The van der Waals surface area contributed by atoms with Crippen LogP contribution < -0.4 is 5.32 Å². The number of aryl methyl sites for hydroxylation is 1. The van der Waals surface area contributed by atoms with Gasteiger partial charge >= 0.3 is 0 Å². The highest BCUT2D eigenvalue weighted by molar-refractivity contribution is 7.09. The number of likely N-dealkylation sites (N-methyl/N-ethyl adjacent to an activating group) is 1. The van der Waals surface area contributed by atoms with Gasteiger partial charge in [0.05, 0.1) is 16.8 Å². The lowest BCUT2D eigenvalue weighted by atomic mass is 9.96. The van der Waals surface area contributed by atoms with Crippen molar-refractivity contribution in [3.63, 3.8) is 0 Å². The Morgan fingerprint density at radius 3 is 2.56 bits per heavy atom. The molecule has 0 amide bonds. The van der Waals surface area contributed by atoms with E-state index in [1.54, 1.807) is 11.3 Å². The van der Waals surface area contributed by atoms with Crippen molar-refractivity contribution in [3.8, 4) is 0 Å². The van der Waals surface area contributed by atoms with Crippen molar-refractivity contribution in [2.45, 2.75) is 53.2 Å². The van der Waals surface area contributed by atoms with Gasteiger partial charge in [-0.25, -0.2) is 4.98 Å². The predicted molar refractivity (Wildman–Crippen MR) is 78.3 cm³/mol. The Morgan fingerprint density at radius 2 is 2.11 bits per heavy atom. The molecule has 1 rings (SSSR count). The zero-order valence-corrected chi connectivity index (χ0v) is 13.0. The molecule has 2 atom stereocenters. The van der Waals surface area contributed by atoms with Crippen LogP contribution in [-0.4, -0.2) is 30.3 Å². The van der Waals surface area contributed by atoms with Gasteiger partial charge in [-0.2, -0.15) is 0 Å². The fraction of sp³-hybridized carbons (Fsp3) is 0.786. The molecule has 0 radical (unpaired) electrons. The van der Waals surface area contributed by atoms with Gasteiger partial charge in [-0.15, -0.1) is 11.3 Å². The molecule has 1 aromatic rings. The lowest BCUT2D eigenvalue weighted by Crippen LogP contribution is -2.45. The van der Waals surface area contributed by atoms with Crippen molar-refractivity contribution in [2.75, 3.05) is 13.2 Å². The number of ether oxygens (including phenoxy) is 1. The Balaban J connectivity index is 2.72. The minimum Gasteiger partial charge on any atom is -0.377 e. The minimum atomic E-state index is 0.247. The molecule has 0 fully saturated rings. The summed E-state index contributed by atoms with van der Waals surface area (Å²) in [6.07, 6.45) is 1.19. The quantitative estimate of drug-likeness (QED) is 0.788. The maximum atomic E-state index is 5.91. The van der Waals surface area contributed by atoms with Gasteiger partial charge in [0, 0.05) is 24.4 Å². The Bertz CT molecular complexity index is 338. The second kappa shape index (κ2) is 7.87. The maximum Gasteiger partial charge on any atom is 0.0897 e. The molecule has 0 spiro atoms. The Kier molecular flexibility index (Phi) is 6.82. The third-order valence-electron chi connectivity index (χ3n) is 2.97. The normalized spacial score (nSPS) is 15.0. The third-order valence-corrected chi connectivity index (χ3v) is 3.80. The van der Waals surface area contributed by atoms with Crippen LogP contribution in [0.3, 0.4) is 0 Å². The third kappa shape index (κ3) is 4.67. The van der Waals surface area contributed by atoms with Gasteiger partial charge < -0.3 is 10.1 Å². The van der Waals surface area contributed by atoms with Gasteiger partial charge in [0.25, 0.3) is 0 Å².